The second-order valence-corrected chi connectivity index (χ2v) is 4.62. The molecule has 0 unspecified atom stereocenters. The van der Waals surface area contributed by atoms with E-state index in [0.717, 1.165) is 22.4 Å². The first kappa shape index (κ1) is 14.0. The number of rotatable bonds is 3. The molecule has 0 aliphatic rings. The van der Waals surface area contributed by atoms with E-state index in [-0.39, 0.29) is 11.7 Å². The molecule has 0 bridgehead atoms. The number of carbonyl (C=O) groups excluding carboxylic acids is 1. The SMILES string of the molecule is Cc1cccc(NC(=O)C=Cc2ccc(F)cc2)c1C. The van der Waals surface area contributed by atoms with Gasteiger partial charge in [0.25, 0.3) is 0 Å². The first-order chi connectivity index (χ1) is 9.56. The third-order valence-corrected chi connectivity index (χ3v) is 3.16. The minimum atomic E-state index is -0.290. The van der Waals surface area contributed by atoms with E-state index in [1.54, 1.807) is 18.2 Å². The first-order valence-electron chi connectivity index (χ1n) is 6.37. The van der Waals surface area contributed by atoms with Crippen LogP contribution in [0.1, 0.15) is 16.7 Å². The maximum absolute atomic E-state index is 12.8. The molecule has 0 saturated carbocycles. The maximum Gasteiger partial charge on any atom is 0.248 e. The van der Waals surface area contributed by atoms with Crippen LogP contribution in [-0.4, -0.2) is 5.91 Å². The van der Waals surface area contributed by atoms with E-state index in [1.165, 1.54) is 18.2 Å². The minimum Gasteiger partial charge on any atom is -0.322 e. The Morgan fingerprint density at radius 2 is 1.80 bits per heavy atom. The monoisotopic (exact) mass is 269 g/mol. The van der Waals surface area contributed by atoms with Crippen molar-refractivity contribution in [2.24, 2.45) is 0 Å². The zero-order chi connectivity index (χ0) is 14.5. The van der Waals surface area contributed by atoms with Gasteiger partial charge in [-0.3, -0.25) is 4.79 Å². The average Bonchev–Trinajstić information content (AvgIpc) is 2.43. The lowest BCUT2D eigenvalue weighted by molar-refractivity contribution is -0.111. The molecule has 0 atom stereocenters. The first-order valence-corrected chi connectivity index (χ1v) is 6.37. The van der Waals surface area contributed by atoms with Gasteiger partial charge in [-0.2, -0.15) is 0 Å². The van der Waals surface area contributed by atoms with Crippen molar-refractivity contribution < 1.29 is 9.18 Å². The van der Waals surface area contributed by atoms with Crippen molar-refractivity contribution in [3.8, 4) is 0 Å². The van der Waals surface area contributed by atoms with Crippen LogP contribution in [0.15, 0.2) is 48.5 Å². The topological polar surface area (TPSA) is 29.1 Å². The molecule has 0 heterocycles. The standard InChI is InChI=1S/C17H16FNO/c1-12-4-3-5-16(13(12)2)19-17(20)11-8-14-6-9-15(18)10-7-14/h3-11H,1-2H3,(H,19,20). The molecule has 102 valence electrons. The van der Waals surface area contributed by atoms with Gasteiger partial charge in [0, 0.05) is 11.8 Å². The molecule has 3 heteroatoms. The van der Waals surface area contributed by atoms with Crippen LogP contribution in [0.25, 0.3) is 6.08 Å². The Morgan fingerprint density at radius 1 is 1.10 bits per heavy atom. The molecule has 20 heavy (non-hydrogen) atoms. The highest BCUT2D eigenvalue weighted by Gasteiger charge is 2.02. The van der Waals surface area contributed by atoms with Gasteiger partial charge in [-0.05, 0) is 54.8 Å². The molecule has 0 aromatic heterocycles. The molecule has 0 aliphatic carbocycles. The normalized spacial score (nSPS) is 10.8. The van der Waals surface area contributed by atoms with Crippen molar-refractivity contribution >= 4 is 17.7 Å². The third kappa shape index (κ3) is 3.54. The second-order valence-electron chi connectivity index (χ2n) is 4.62. The summed E-state index contributed by atoms with van der Waals surface area (Å²) < 4.78 is 12.8. The number of carbonyl (C=O) groups is 1. The van der Waals surface area contributed by atoms with E-state index < -0.39 is 0 Å². The van der Waals surface area contributed by atoms with Crippen LogP contribution in [-0.2, 0) is 4.79 Å². The van der Waals surface area contributed by atoms with Crippen molar-refractivity contribution in [2.75, 3.05) is 5.32 Å². The van der Waals surface area contributed by atoms with Crippen molar-refractivity contribution in [2.45, 2.75) is 13.8 Å². The molecular weight excluding hydrogens is 253 g/mol. The summed E-state index contributed by atoms with van der Waals surface area (Å²) in [6.07, 6.45) is 3.09. The highest BCUT2D eigenvalue weighted by Crippen LogP contribution is 2.17. The molecule has 2 aromatic carbocycles. The summed E-state index contributed by atoms with van der Waals surface area (Å²) in [6.45, 7) is 3.97. The third-order valence-electron chi connectivity index (χ3n) is 3.16. The Balaban J connectivity index is 2.05. The van der Waals surface area contributed by atoms with Gasteiger partial charge in [-0.25, -0.2) is 4.39 Å². The van der Waals surface area contributed by atoms with Crippen molar-refractivity contribution in [3.63, 3.8) is 0 Å². The van der Waals surface area contributed by atoms with Crippen molar-refractivity contribution in [3.05, 3.63) is 71.0 Å². The van der Waals surface area contributed by atoms with E-state index in [4.69, 9.17) is 0 Å². The number of benzene rings is 2. The Labute approximate surface area is 118 Å². The largest absolute Gasteiger partial charge is 0.322 e. The van der Waals surface area contributed by atoms with E-state index >= 15 is 0 Å². The molecule has 0 radical (unpaired) electrons. The molecule has 1 N–H and O–H groups in total. The Bertz CT molecular complexity index is 645. The number of anilines is 1. The summed E-state index contributed by atoms with van der Waals surface area (Å²) in [4.78, 5) is 11.8. The van der Waals surface area contributed by atoms with E-state index in [1.807, 2.05) is 32.0 Å². The van der Waals surface area contributed by atoms with Crippen molar-refractivity contribution in [1.29, 1.82) is 0 Å². The molecule has 0 aliphatic heterocycles. The van der Waals surface area contributed by atoms with Crippen molar-refractivity contribution in [1.82, 2.24) is 0 Å². The Hall–Kier alpha value is -2.42. The molecule has 2 aromatic rings. The summed E-state index contributed by atoms with van der Waals surface area (Å²) in [5.74, 6) is -0.495. The molecular formula is C17H16FNO. The van der Waals surface area contributed by atoms with Crippen LogP contribution in [0.3, 0.4) is 0 Å². The van der Waals surface area contributed by atoms with Gasteiger partial charge in [0.2, 0.25) is 5.91 Å². The summed E-state index contributed by atoms with van der Waals surface area (Å²) >= 11 is 0. The van der Waals surface area contributed by atoms with Crippen LogP contribution < -0.4 is 5.32 Å². The van der Waals surface area contributed by atoms with Crippen LogP contribution in [0.4, 0.5) is 10.1 Å². The molecule has 2 nitrogen and oxygen atoms in total. The predicted octanol–water partition coefficient (Wildman–Crippen LogP) is 4.09. The lowest BCUT2D eigenvalue weighted by Gasteiger charge is -2.08. The minimum absolute atomic E-state index is 0.206. The fraction of sp³-hybridized carbons (Fsp3) is 0.118. The van der Waals surface area contributed by atoms with E-state index in [0.29, 0.717) is 0 Å². The van der Waals surface area contributed by atoms with Crippen LogP contribution in [0.2, 0.25) is 0 Å². The number of halogens is 1. The van der Waals surface area contributed by atoms with Gasteiger partial charge in [-0.1, -0.05) is 24.3 Å². The molecule has 0 saturated heterocycles. The summed E-state index contributed by atoms with van der Waals surface area (Å²) in [6, 6.07) is 11.7. The molecule has 0 fully saturated rings. The zero-order valence-corrected chi connectivity index (χ0v) is 11.5. The summed E-state index contributed by atoms with van der Waals surface area (Å²) in [7, 11) is 0. The van der Waals surface area contributed by atoms with Gasteiger partial charge < -0.3 is 5.32 Å². The van der Waals surface area contributed by atoms with Crippen LogP contribution >= 0.6 is 0 Å². The maximum atomic E-state index is 12.8. The number of hydrogen-bond donors (Lipinski definition) is 1. The van der Waals surface area contributed by atoms with E-state index in [9.17, 15) is 9.18 Å². The fourth-order valence-corrected chi connectivity index (χ4v) is 1.81. The average molecular weight is 269 g/mol. The smallest absolute Gasteiger partial charge is 0.248 e. The lowest BCUT2D eigenvalue weighted by atomic mass is 10.1. The second kappa shape index (κ2) is 6.15. The number of amides is 1. The number of aryl methyl sites for hydroxylation is 1. The fourth-order valence-electron chi connectivity index (χ4n) is 1.81. The Morgan fingerprint density at radius 3 is 2.50 bits per heavy atom. The highest BCUT2D eigenvalue weighted by atomic mass is 19.1. The molecule has 1 amide bonds. The quantitative estimate of drug-likeness (QED) is 0.835. The highest BCUT2D eigenvalue weighted by molar-refractivity contribution is 6.02. The van der Waals surface area contributed by atoms with Gasteiger partial charge >= 0.3 is 0 Å². The van der Waals surface area contributed by atoms with Gasteiger partial charge in [0.15, 0.2) is 0 Å². The molecule has 0 spiro atoms. The number of hydrogen-bond acceptors (Lipinski definition) is 1. The Kier molecular flexibility index (Phi) is 4.31. The van der Waals surface area contributed by atoms with Gasteiger partial charge in [0.05, 0.1) is 0 Å². The predicted molar refractivity (Wildman–Crippen MR) is 80.0 cm³/mol. The van der Waals surface area contributed by atoms with Crippen LogP contribution in [0, 0.1) is 19.7 Å². The molecule has 2 rings (SSSR count). The van der Waals surface area contributed by atoms with Gasteiger partial charge in [0.1, 0.15) is 5.82 Å². The van der Waals surface area contributed by atoms with E-state index in [2.05, 4.69) is 5.32 Å². The zero-order valence-electron chi connectivity index (χ0n) is 11.5. The lowest BCUT2D eigenvalue weighted by Crippen LogP contribution is -2.09. The van der Waals surface area contributed by atoms with Crippen LogP contribution in [0.5, 0.6) is 0 Å². The summed E-state index contributed by atoms with van der Waals surface area (Å²) in [5, 5.41) is 2.83. The van der Waals surface area contributed by atoms with Gasteiger partial charge in [-0.15, -0.1) is 0 Å². The number of nitrogens with one attached hydrogen (secondary N) is 1. The summed E-state index contributed by atoms with van der Waals surface area (Å²) in [5.41, 5.74) is 3.77.